The van der Waals surface area contributed by atoms with Gasteiger partial charge in [-0.15, -0.1) is 0 Å². The number of rotatable bonds is 3. The lowest BCUT2D eigenvalue weighted by atomic mass is 10.1. The van der Waals surface area contributed by atoms with Crippen LogP contribution in [0.1, 0.15) is 27.7 Å². The Morgan fingerprint density at radius 1 is 1.28 bits per heavy atom. The van der Waals surface area contributed by atoms with Gasteiger partial charge in [0.15, 0.2) is 0 Å². The van der Waals surface area contributed by atoms with E-state index in [0.29, 0.717) is 15.7 Å². The van der Waals surface area contributed by atoms with Crippen molar-refractivity contribution in [3.8, 4) is 0 Å². The first-order valence-electron chi connectivity index (χ1n) is 5.73. The minimum absolute atomic E-state index is 0.0847. The summed E-state index contributed by atoms with van der Waals surface area (Å²) >= 11 is 12.0. The van der Waals surface area contributed by atoms with Gasteiger partial charge in [-0.05, 0) is 39.8 Å². The number of amides is 1. The molecule has 3 nitrogen and oxygen atoms in total. The van der Waals surface area contributed by atoms with Crippen molar-refractivity contribution in [3.63, 3.8) is 0 Å². The van der Waals surface area contributed by atoms with Crippen LogP contribution in [0.25, 0.3) is 0 Å². The van der Waals surface area contributed by atoms with Crippen LogP contribution in [0.3, 0.4) is 0 Å². The molecule has 1 aromatic rings. The van der Waals surface area contributed by atoms with Crippen LogP contribution in [0.5, 0.6) is 0 Å². The van der Waals surface area contributed by atoms with E-state index in [-0.39, 0.29) is 17.5 Å². The van der Waals surface area contributed by atoms with Crippen LogP contribution >= 0.6 is 23.2 Å². The van der Waals surface area contributed by atoms with Crippen LogP contribution in [0.4, 0.5) is 5.69 Å². The highest BCUT2D eigenvalue weighted by molar-refractivity contribution is 6.43. The van der Waals surface area contributed by atoms with Crippen molar-refractivity contribution < 1.29 is 4.79 Å². The maximum absolute atomic E-state index is 11.9. The van der Waals surface area contributed by atoms with Crippen molar-refractivity contribution in [1.29, 1.82) is 0 Å². The Morgan fingerprint density at radius 2 is 1.89 bits per heavy atom. The zero-order valence-electron chi connectivity index (χ0n) is 11.0. The van der Waals surface area contributed by atoms with Crippen molar-refractivity contribution in [2.75, 3.05) is 5.32 Å². The highest BCUT2D eigenvalue weighted by atomic mass is 35.5. The molecule has 2 N–H and O–H groups in total. The quantitative estimate of drug-likeness (QED) is 0.890. The predicted octanol–water partition coefficient (Wildman–Crippen LogP) is 3.71. The molecule has 1 rings (SSSR count). The third kappa shape index (κ3) is 4.39. The molecule has 1 unspecified atom stereocenters. The van der Waals surface area contributed by atoms with E-state index in [1.807, 2.05) is 20.8 Å². The molecule has 0 radical (unpaired) electrons. The van der Waals surface area contributed by atoms with Gasteiger partial charge in [-0.25, -0.2) is 0 Å². The molecule has 0 bridgehead atoms. The monoisotopic (exact) mass is 288 g/mol. The first-order chi connectivity index (χ1) is 8.20. The molecule has 0 aliphatic carbocycles. The molecule has 0 aromatic heterocycles. The fourth-order valence-corrected chi connectivity index (χ4v) is 1.75. The zero-order valence-corrected chi connectivity index (χ0v) is 12.5. The second-order valence-corrected chi connectivity index (χ2v) is 5.99. The van der Waals surface area contributed by atoms with Crippen LogP contribution in [0.2, 0.25) is 10.0 Å². The molecule has 0 aliphatic heterocycles. The Morgan fingerprint density at radius 3 is 2.44 bits per heavy atom. The second kappa shape index (κ2) is 5.81. The fourth-order valence-electron chi connectivity index (χ4n) is 1.39. The average molecular weight is 289 g/mol. The largest absolute Gasteiger partial charge is 0.373 e. The maximum Gasteiger partial charge on any atom is 0.242 e. The molecule has 18 heavy (non-hydrogen) atoms. The van der Waals surface area contributed by atoms with Crippen LogP contribution in [-0.4, -0.2) is 17.5 Å². The summed E-state index contributed by atoms with van der Waals surface area (Å²) in [6.45, 7) is 7.58. The number of halogens is 2. The molecule has 100 valence electrons. The lowest BCUT2D eigenvalue weighted by Crippen LogP contribution is -2.47. The third-order valence-electron chi connectivity index (χ3n) is 2.22. The lowest BCUT2D eigenvalue weighted by molar-refractivity contribution is -0.122. The van der Waals surface area contributed by atoms with E-state index in [0.717, 1.165) is 0 Å². The van der Waals surface area contributed by atoms with Crippen molar-refractivity contribution in [3.05, 3.63) is 28.2 Å². The summed E-state index contributed by atoms with van der Waals surface area (Å²) in [6.07, 6.45) is 0. The summed E-state index contributed by atoms with van der Waals surface area (Å²) < 4.78 is 0. The molecule has 1 aromatic carbocycles. The molecule has 0 fully saturated rings. The maximum atomic E-state index is 11.9. The van der Waals surface area contributed by atoms with E-state index in [1.165, 1.54) is 0 Å². The third-order valence-corrected chi connectivity index (χ3v) is 3.03. The Labute approximate surface area is 118 Å². The first kappa shape index (κ1) is 15.1. The minimum atomic E-state index is -0.389. The molecular formula is C13H18Cl2N2O. The first-order valence-corrected chi connectivity index (χ1v) is 6.49. The molecule has 0 saturated carbocycles. The van der Waals surface area contributed by atoms with Gasteiger partial charge in [-0.1, -0.05) is 29.3 Å². The van der Waals surface area contributed by atoms with E-state index < -0.39 is 0 Å². The summed E-state index contributed by atoms with van der Waals surface area (Å²) in [5, 5.41) is 6.83. The number of hydrogen-bond donors (Lipinski definition) is 2. The predicted molar refractivity (Wildman–Crippen MR) is 77.4 cm³/mol. The van der Waals surface area contributed by atoms with Gasteiger partial charge in [0.1, 0.15) is 6.04 Å². The van der Waals surface area contributed by atoms with Crippen molar-refractivity contribution in [2.24, 2.45) is 0 Å². The zero-order chi connectivity index (χ0) is 13.9. The van der Waals surface area contributed by atoms with Gasteiger partial charge in [0.05, 0.1) is 15.7 Å². The second-order valence-electron chi connectivity index (χ2n) is 5.21. The number of carbonyl (C=O) groups excluding carboxylic acids is 1. The Hall–Kier alpha value is -0.930. The molecule has 0 spiro atoms. The number of nitrogens with one attached hydrogen (secondary N) is 2. The number of carbonyl (C=O) groups is 1. The van der Waals surface area contributed by atoms with Crippen molar-refractivity contribution >= 4 is 34.8 Å². The van der Waals surface area contributed by atoms with E-state index in [9.17, 15) is 4.79 Å². The summed E-state index contributed by atoms with van der Waals surface area (Å²) in [5.74, 6) is -0.0847. The van der Waals surface area contributed by atoms with E-state index >= 15 is 0 Å². The molecule has 1 atom stereocenters. The highest BCUT2D eigenvalue weighted by Crippen LogP contribution is 2.29. The van der Waals surface area contributed by atoms with E-state index in [1.54, 1.807) is 25.1 Å². The number of hydrogen-bond acceptors (Lipinski definition) is 2. The van der Waals surface area contributed by atoms with Crippen molar-refractivity contribution in [2.45, 2.75) is 39.3 Å². The van der Waals surface area contributed by atoms with Crippen LogP contribution < -0.4 is 10.6 Å². The van der Waals surface area contributed by atoms with Gasteiger partial charge in [0.25, 0.3) is 0 Å². The minimum Gasteiger partial charge on any atom is -0.373 e. The summed E-state index contributed by atoms with van der Waals surface area (Å²) in [4.78, 5) is 11.9. The van der Waals surface area contributed by atoms with Crippen LogP contribution in [0, 0.1) is 0 Å². The molecule has 5 heteroatoms. The van der Waals surface area contributed by atoms with Gasteiger partial charge in [0, 0.05) is 5.54 Å². The molecule has 0 aliphatic rings. The van der Waals surface area contributed by atoms with E-state index in [4.69, 9.17) is 23.2 Å². The Bertz CT molecular complexity index is 441. The molecule has 0 heterocycles. The average Bonchev–Trinajstić information content (AvgIpc) is 2.22. The van der Waals surface area contributed by atoms with Crippen molar-refractivity contribution in [1.82, 2.24) is 5.32 Å². The topological polar surface area (TPSA) is 41.1 Å². The van der Waals surface area contributed by atoms with E-state index in [2.05, 4.69) is 10.6 Å². The molecule has 1 amide bonds. The summed E-state index contributed by atoms with van der Waals surface area (Å²) in [5.41, 5.74) is 0.395. The summed E-state index contributed by atoms with van der Waals surface area (Å²) in [7, 11) is 0. The Kier molecular flexibility index (Phi) is 4.88. The Balaban J connectivity index is 2.73. The fraction of sp³-hybridized carbons (Fsp3) is 0.462. The van der Waals surface area contributed by atoms with Gasteiger partial charge < -0.3 is 10.6 Å². The van der Waals surface area contributed by atoms with Crippen LogP contribution in [0.15, 0.2) is 18.2 Å². The number of anilines is 1. The van der Waals surface area contributed by atoms with Gasteiger partial charge in [-0.3, -0.25) is 4.79 Å². The lowest BCUT2D eigenvalue weighted by Gasteiger charge is -2.24. The summed E-state index contributed by atoms with van der Waals surface area (Å²) in [6, 6.07) is 4.88. The molecule has 0 saturated heterocycles. The number of benzene rings is 1. The molecular weight excluding hydrogens is 271 g/mol. The normalized spacial score (nSPS) is 13.0. The highest BCUT2D eigenvalue weighted by Gasteiger charge is 2.19. The standard InChI is InChI=1S/C13H18Cl2N2O/c1-8(12(18)17-13(2,3)4)16-10-7-5-6-9(14)11(10)15/h5-8,16H,1-4H3,(H,17,18). The van der Waals surface area contributed by atoms with Gasteiger partial charge >= 0.3 is 0 Å². The van der Waals surface area contributed by atoms with Gasteiger partial charge in [-0.2, -0.15) is 0 Å². The SMILES string of the molecule is CC(Nc1cccc(Cl)c1Cl)C(=O)NC(C)(C)C. The van der Waals surface area contributed by atoms with Gasteiger partial charge in [0.2, 0.25) is 5.91 Å². The smallest absolute Gasteiger partial charge is 0.242 e. The van der Waals surface area contributed by atoms with Crippen LogP contribution in [-0.2, 0) is 4.79 Å².